The van der Waals surface area contributed by atoms with Crippen LogP contribution in [0.25, 0.3) is 0 Å². The van der Waals surface area contributed by atoms with Crippen LogP contribution in [-0.4, -0.2) is 32.6 Å². The number of hydrogen-bond acceptors (Lipinski definition) is 4. The number of nitrogens with one attached hydrogen (secondary N) is 2. The quantitative estimate of drug-likeness (QED) is 0.793. The summed E-state index contributed by atoms with van der Waals surface area (Å²) in [6, 6.07) is 0.948. The van der Waals surface area contributed by atoms with Crippen LogP contribution in [0.1, 0.15) is 64.3 Å². The Hall–Kier alpha value is -0.750. The lowest BCUT2D eigenvalue weighted by molar-refractivity contribution is 0.468. The van der Waals surface area contributed by atoms with Gasteiger partial charge in [-0.2, -0.15) is 0 Å². The van der Waals surface area contributed by atoms with Crippen LogP contribution in [0.3, 0.4) is 0 Å². The monoisotopic (exact) mass is 310 g/mol. The molecule has 0 radical (unpaired) electrons. The highest BCUT2D eigenvalue weighted by molar-refractivity contribution is 7.99. The van der Waals surface area contributed by atoms with Crippen LogP contribution in [0.2, 0.25) is 0 Å². The highest BCUT2D eigenvalue weighted by Gasteiger charge is 2.31. The van der Waals surface area contributed by atoms with Crippen LogP contribution in [0.5, 0.6) is 0 Å². The van der Waals surface area contributed by atoms with Crippen LogP contribution >= 0.6 is 11.8 Å². The maximum Gasteiger partial charge on any atom is 0.344 e. The highest BCUT2D eigenvalue weighted by atomic mass is 32.2. The van der Waals surface area contributed by atoms with Gasteiger partial charge in [0, 0.05) is 17.3 Å². The number of aromatic nitrogens is 3. The van der Waals surface area contributed by atoms with Gasteiger partial charge in [-0.05, 0) is 38.6 Å². The normalized spacial score (nSPS) is 26.7. The topological polar surface area (TPSA) is 62.7 Å². The van der Waals surface area contributed by atoms with Crippen LogP contribution in [0, 0.1) is 0 Å². The molecule has 6 heteroatoms. The molecule has 1 aromatic heterocycles. The molecule has 0 aromatic carbocycles. The van der Waals surface area contributed by atoms with Crippen molar-refractivity contribution in [3.8, 4) is 0 Å². The third-order valence-corrected chi connectivity index (χ3v) is 5.82. The van der Waals surface area contributed by atoms with Gasteiger partial charge in [-0.3, -0.25) is 4.57 Å². The van der Waals surface area contributed by atoms with Crippen LogP contribution in [0.15, 0.2) is 9.95 Å². The van der Waals surface area contributed by atoms with Crippen molar-refractivity contribution in [2.45, 2.75) is 80.8 Å². The predicted molar refractivity (Wildman–Crippen MR) is 85.9 cm³/mol. The van der Waals surface area contributed by atoms with E-state index in [0.29, 0.717) is 17.3 Å². The number of aromatic amines is 1. The molecule has 2 N–H and O–H groups in total. The molecule has 2 atom stereocenters. The Bertz CT molecular complexity index is 508. The summed E-state index contributed by atoms with van der Waals surface area (Å²) in [5.41, 5.74) is -0.0355. The fraction of sp³-hybridized carbons (Fsp3) is 0.867. The first-order chi connectivity index (χ1) is 10.3. The van der Waals surface area contributed by atoms with Crippen molar-refractivity contribution >= 4 is 11.8 Å². The summed E-state index contributed by atoms with van der Waals surface area (Å²) in [6.07, 6.45) is 9.81. The minimum absolute atomic E-state index is 0.0355. The average Bonchev–Trinajstić information content (AvgIpc) is 3.27. The Morgan fingerprint density at radius 1 is 1.29 bits per heavy atom. The fourth-order valence-corrected chi connectivity index (χ4v) is 4.54. The Morgan fingerprint density at radius 3 is 2.86 bits per heavy atom. The summed E-state index contributed by atoms with van der Waals surface area (Å²) in [5.74, 6) is 0. The Labute approximate surface area is 130 Å². The van der Waals surface area contributed by atoms with E-state index >= 15 is 0 Å². The number of nitrogens with zero attached hydrogens (tertiary/aromatic N) is 2. The van der Waals surface area contributed by atoms with Gasteiger partial charge in [0.05, 0.1) is 0 Å². The van der Waals surface area contributed by atoms with Gasteiger partial charge in [-0.15, -0.1) is 5.10 Å². The molecule has 5 nitrogen and oxygen atoms in total. The molecule has 21 heavy (non-hydrogen) atoms. The molecule has 2 aliphatic rings. The second-order valence-corrected chi connectivity index (χ2v) is 7.47. The molecule has 0 spiro atoms. The van der Waals surface area contributed by atoms with Crippen molar-refractivity contribution in [2.24, 2.45) is 0 Å². The van der Waals surface area contributed by atoms with E-state index in [4.69, 9.17) is 0 Å². The van der Waals surface area contributed by atoms with E-state index in [-0.39, 0.29) is 5.69 Å². The van der Waals surface area contributed by atoms with E-state index in [1.807, 2.05) is 16.3 Å². The van der Waals surface area contributed by atoms with Gasteiger partial charge in [0.15, 0.2) is 5.16 Å². The SMILES string of the molecule is CCCNC1CCCCCC1Sc1n[nH]c(=O)n1C1CC1. The van der Waals surface area contributed by atoms with Crippen molar-refractivity contribution in [3.05, 3.63) is 10.5 Å². The van der Waals surface area contributed by atoms with Crippen molar-refractivity contribution in [3.63, 3.8) is 0 Å². The molecule has 2 aliphatic carbocycles. The minimum atomic E-state index is -0.0355. The first kappa shape index (κ1) is 15.2. The van der Waals surface area contributed by atoms with Crippen molar-refractivity contribution in [1.82, 2.24) is 20.1 Å². The Kier molecular flexibility index (Phi) is 5.06. The number of hydrogen-bond donors (Lipinski definition) is 2. The summed E-state index contributed by atoms with van der Waals surface area (Å²) < 4.78 is 1.88. The van der Waals surface area contributed by atoms with E-state index in [9.17, 15) is 4.79 Å². The summed E-state index contributed by atoms with van der Waals surface area (Å²) in [4.78, 5) is 11.9. The van der Waals surface area contributed by atoms with Gasteiger partial charge in [0.1, 0.15) is 0 Å². The van der Waals surface area contributed by atoms with Crippen LogP contribution in [0.4, 0.5) is 0 Å². The Balaban J connectivity index is 1.72. The zero-order chi connectivity index (χ0) is 14.7. The standard InChI is InChI=1S/C15H26N4OS/c1-2-10-16-12-6-4-3-5-7-13(12)21-15-18-17-14(20)19(15)11-8-9-11/h11-13,16H,2-10H2,1H3,(H,17,20). The lowest BCUT2D eigenvalue weighted by atomic mass is 10.1. The van der Waals surface area contributed by atoms with E-state index in [1.165, 1.54) is 38.5 Å². The summed E-state index contributed by atoms with van der Waals surface area (Å²) in [5, 5.41) is 12.1. The first-order valence-electron chi connectivity index (χ1n) is 8.36. The molecule has 118 valence electrons. The highest BCUT2D eigenvalue weighted by Crippen LogP contribution is 2.38. The van der Waals surface area contributed by atoms with Crippen molar-refractivity contribution in [1.29, 1.82) is 0 Å². The zero-order valence-corrected chi connectivity index (χ0v) is 13.6. The largest absolute Gasteiger partial charge is 0.344 e. The molecular formula is C15H26N4OS. The number of thioether (sulfide) groups is 1. The second kappa shape index (κ2) is 7.01. The van der Waals surface area contributed by atoms with Gasteiger partial charge < -0.3 is 5.32 Å². The molecule has 3 rings (SSSR count). The maximum absolute atomic E-state index is 11.9. The lowest BCUT2D eigenvalue weighted by Crippen LogP contribution is -2.38. The minimum Gasteiger partial charge on any atom is -0.313 e. The van der Waals surface area contributed by atoms with Crippen LogP contribution in [-0.2, 0) is 0 Å². The third kappa shape index (κ3) is 3.72. The van der Waals surface area contributed by atoms with Gasteiger partial charge >= 0.3 is 5.69 Å². The zero-order valence-electron chi connectivity index (χ0n) is 12.8. The summed E-state index contributed by atoms with van der Waals surface area (Å²) in [6.45, 7) is 3.29. The molecule has 1 heterocycles. The van der Waals surface area contributed by atoms with Crippen LogP contribution < -0.4 is 11.0 Å². The fourth-order valence-electron chi connectivity index (χ4n) is 3.14. The van der Waals surface area contributed by atoms with Gasteiger partial charge in [0.2, 0.25) is 0 Å². The van der Waals surface area contributed by atoms with Crippen molar-refractivity contribution in [2.75, 3.05) is 6.54 Å². The molecule has 0 aliphatic heterocycles. The molecule has 0 amide bonds. The van der Waals surface area contributed by atoms with Gasteiger partial charge in [-0.1, -0.05) is 37.9 Å². The molecule has 2 fully saturated rings. The molecule has 1 aromatic rings. The summed E-state index contributed by atoms with van der Waals surface area (Å²) >= 11 is 1.81. The maximum atomic E-state index is 11.9. The number of rotatable bonds is 6. The van der Waals surface area contributed by atoms with E-state index in [1.54, 1.807) is 0 Å². The smallest absolute Gasteiger partial charge is 0.313 e. The predicted octanol–water partition coefficient (Wildman–Crippen LogP) is 2.70. The number of H-pyrrole nitrogens is 1. The average molecular weight is 310 g/mol. The molecule has 2 saturated carbocycles. The first-order valence-corrected chi connectivity index (χ1v) is 9.24. The van der Waals surface area contributed by atoms with E-state index < -0.39 is 0 Å². The van der Waals surface area contributed by atoms with Gasteiger partial charge in [-0.25, -0.2) is 9.89 Å². The second-order valence-electron chi connectivity index (χ2n) is 6.27. The van der Waals surface area contributed by atoms with E-state index in [0.717, 1.165) is 24.5 Å². The molecule has 0 bridgehead atoms. The summed E-state index contributed by atoms with van der Waals surface area (Å²) in [7, 11) is 0. The molecular weight excluding hydrogens is 284 g/mol. The molecule has 0 saturated heterocycles. The van der Waals surface area contributed by atoms with Gasteiger partial charge in [0.25, 0.3) is 0 Å². The van der Waals surface area contributed by atoms with Crippen molar-refractivity contribution < 1.29 is 0 Å². The lowest BCUT2D eigenvalue weighted by Gasteiger charge is -2.25. The molecule has 2 unspecified atom stereocenters. The Morgan fingerprint density at radius 2 is 2.10 bits per heavy atom. The van der Waals surface area contributed by atoms with E-state index in [2.05, 4.69) is 22.4 Å². The third-order valence-electron chi connectivity index (χ3n) is 4.45.